The molecule has 4 heteroatoms. The van der Waals surface area contributed by atoms with Crippen molar-refractivity contribution in [1.82, 2.24) is 4.90 Å². The van der Waals surface area contributed by atoms with Crippen LogP contribution in [0.5, 0.6) is 0 Å². The van der Waals surface area contributed by atoms with Crippen LogP contribution in [0, 0.1) is 22.7 Å². The smallest absolute Gasteiger partial charge is 0.227 e. The molecular weight excluding hydrogens is 314 g/mol. The van der Waals surface area contributed by atoms with Crippen molar-refractivity contribution in [2.24, 2.45) is 22.7 Å². The number of carbonyl (C=O) groups excluding carboxylic acids is 2. The lowest BCUT2D eigenvalue weighted by molar-refractivity contribution is -0.142. The highest BCUT2D eigenvalue weighted by Gasteiger charge is 2.33. The Kier molecular flexibility index (Phi) is 7.67. The van der Waals surface area contributed by atoms with Crippen LogP contribution in [0.3, 0.4) is 0 Å². The first-order valence-corrected chi connectivity index (χ1v) is 9.77. The summed E-state index contributed by atoms with van der Waals surface area (Å²) >= 11 is 0. The predicted octanol–water partition coefficient (Wildman–Crippen LogP) is 4.32. The Morgan fingerprint density at radius 2 is 1.44 bits per heavy atom. The van der Waals surface area contributed by atoms with Gasteiger partial charge in [0.15, 0.2) is 5.78 Å². The summed E-state index contributed by atoms with van der Waals surface area (Å²) in [5.41, 5.74) is -0.466. The molecule has 0 aromatic heterocycles. The lowest BCUT2D eigenvalue weighted by atomic mass is 9.87. The Hall–Kier alpha value is -0.900. The number of likely N-dealkylation sites (tertiary alicyclic amines) is 1. The quantitative estimate of drug-likeness (QED) is 0.705. The van der Waals surface area contributed by atoms with Crippen molar-refractivity contribution < 1.29 is 14.3 Å². The molecule has 0 aromatic rings. The van der Waals surface area contributed by atoms with E-state index in [1.807, 2.05) is 46.4 Å². The van der Waals surface area contributed by atoms with E-state index in [9.17, 15) is 9.59 Å². The molecule has 2 saturated heterocycles. The molecule has 3 atom stereocenters. The first-order valence-electron chi connectivity index (χ1n) is 9.77. The number of amides is 1. The van der Waals surface area contributed by atoms with Gasteiger partial charge in [-0.1, -0.05) is 55.4 Å². The van der Waals surface area contributed by atoms with Crippen molar-refractivity contribution in [3.8, 4) is 0 Å². The van der Waals surface area contributed by atoms with Crippen LogP contribution in [-0.2, 0) is 14.3 Å². The predicted molar refractivity (Wildman–Crippen MR) is 102 cm³/mol. The molecule has 3 unspecified atom stereocenters. The SMILES string of the molecule is CC(C)(C)C(=O)C1CCCO1.CC1CC(C)CN(C(=O)C(C)(C)C)C1. The highest BCUT2D eigenvalue weighted by molar-refractivity contribution is 5.88. The van der Waals surface area contributed by atoms with Gasteiger partial charge in [-0.2, -0.15) is 0 Å². The Morgan fingerprint density at radius 3 is 1.80 bits per heavy atom. The molecule has 2 aliphatic heterocycles. The molecule has 0 N–H and O–H groups in total. The molecule has 25 heavy (non-hydrogen) atoms. The normalized spacial score (nSPS) is 27.5. The van der Waals surface area contributed by atoms with Crippen LogP contribution >= 0.6 is 0 Å². The van der Waals surface area contributed by atoms with Gasteiger partial charge in [0.25, 0.3) is 0 Å². The molecule has 0 radical (unpaired) electrons. The third-order valence-electron chi connectivity index (χ3n) is 4.76. The lowest BCUT2D eigenvalue weighted by Gasteiger charge is -2.38. The Bertz CT molecular complexity index is 443. The summed E-state index contributed by atoms with van der Waals surface area (Å²) in [7, 11) is 0. The second kappa shape index (κ2) is 8.66. The number of rotatable bonds is 1. The van der Waals surface area contributed by atoms with E-state index in [1.54, 1.807) is 0 Å². The summed E-state index contributed by atoms with van der Waals surface area (Å²) in [6.45, 7) is 18.9. The van der Waals surface area contributed by atoms with Crippen molar-refractivity contribution in [3.05, 3.63) is 0 Å². The van der Waals surface area contributed by atoms with Crippen molar-refractivity contribution >= 4 is 11.7 Å². The van der Waals surface area contributed by atoms with E-state index >= 15 is 0 Å². The van der Waals surface area contributed by atoms with E-state index in [2.05, 4.69) is 13.8 Å². The van der Waals surface area contributed by atoms with Gasteiger partial charge in [-0.05, 0) is 31.1 Å². The first kappa shape index (κ1) is 22.1. The van der Waals surface area contributed by atoms with Crippen molar-refractivity contribution in [2.45, 2.75) is 80.8 Å². The number of hydrogen-bond donors (Lipinski definition) is 0. The standard InChI is InChI=1S/C12H23NO.C9H16O2/c1-9-6-10(2)8-13(7-9)11(14)12(3,4)5;1-9(2,3)8(10)7-5-4-6-11-7/h9-10H,6-8H2,1-5H3;7H,4-6H2,1-3H3. The van der Waals surface area contributed by atoms with E-state index in [-0.39, 0.29) is 22.7 Å². The molecule has 146 valence electrons. The fourth-order valence-corrected chi connectivity index (χ4v) is 3.57. The zero-order valence-electron chi connectivity index (χ0n) is 17.6. The maximum atomic E-state index is 12.0. The van der Waals surface area contributed by atoms with Crippen LogP contribution in [0.4, 0.5) is 0 Å². The van der Waals surface area contributed by atoms with Crippen molar-refractivity contribution in [1.29, 1.82) is 0 Å². The summed E-state index contributed by atoms with van der Waals surface area (Å²) in [5, 5.41) is 0. The highest BCUT2D eigenvalue weighted by Crippen LogP contribution is 2.26. The van der Waals surface area contributed by atoms with E-state index < -0.39 is 0 Å². The molecule has 4 nitrogen and oxygen atoms in total. The minimum Gasteiger partial charge on any atom is -0.370 e. The summed E-state index contributed by atoms with van der Waals surface area (Å²) < 4.78 is 5.29. The van der Waals surface area contributed by atoms with Crippen LogP contribution < -0.4 is 0 Å². The van der Waals surface area contributed by atoms with Gasteiger partial charge in [0.1, 0.15) is 6.10 Å². The number of piperidine rings is 1. The maximum Gasteiger partial charge on any atom is 0.227 e. The average Bonchev–Trinajstić information content (AvgIpc) is 2.97. The summed E-state index contributed by atoms with van der Waals surface area (Å²) in [6, 6.07) is 0. The summed E-state index contributed by atoms with van der Waals surface area (Å²) in [4.78, 5) is 25.6. The molecule has 2 rings (SSSR count). The molecule has 0 saturated carbocycles. The molecule has 0 aromatic carbocycles. The summed E-state index contributed by atoms with van der Waals surface area (Å²) in [5.74, 6) is 1.86. The molecule has 2 aliphatic rings. The van der Waals surface area contributed by atoms with Gasteiger partial charge in [-0.15, -0.1) is 0 Å². The maximum absolute atomic E-state index is 12.0. The van der Waals surface area contributed by atoms with E-state index in [0.717, 1.165) is 32.5 Å². The fraction of sp³-hybridized carbons (Fsp3) is 0.905. The topological polar surface area (TPSA) is 46.6 Å². The number of ether oxygens (including phenoxy) is 1. The highest BCUT2D eigenvalue weighted by atomic mass is 16.5. The largest absolute Gasteiger partial charge is 0.370 e. The van der Waals surface area contributed by atoms with E-state index in [4.69, 9.17) is 4.74 Å². The molecular formula is C21H39NO3. The van der Waals surface area contributed by atoms with Gasteiger partial charge in [0, 0.05) is 30.5 Å². The number of hydrogen-bond acceptors (Lipinski definition) is 3. The van der Waals surface area contributed by atoms with Gasteiger partial charge in [-0.25, -0.2) is 0 Å². The van der Waals surface area contributed by atoms with Crippen LogP contribution in [0.2, 0.25) is 0 Å². The third kappa shape index (κ3) is 7.08. The molecule has 0 aliphatic carbocycles. The zero-order valence-corrected chi connectivity index (χ0v) is 17.6. The molecule has 0 bridgehead atoms. The van der Waals surface area contributed by atoms with Crippen LogP contribution in [0.15, 0.2) is 0 Å². The van der Waals surface area contributed by atoms with Gasteiger partial charge in [0.2, 0.25) is 5.91 Å². The second-order valence-corrected chi connectivity index (χ2v) is 10.0. The number of carbonyl (C=O) groups is 2. The van der Waals surface area contributed by atoms with Gasteiger partial charge < -0.3 is 9.64 Å². The van der Waals surface area contributed by atoms with Crippen molar-refractivity contribution in [2.75, 3.05) is 19.7 Å². The van der Waals surface area contributed by atoms with E-state index in [1.165, 1.54) is 6.42 Å². The molecule has 2 heterocycles. The average molecular weight is 354 g/mol. The zero-order chi connectivity index (χ0) is 19.4. The monoisotopic (exact) mass is 353 g/mol. The number of ketones is 1. The van der Waals surface area contributed by atoms with Crippen LogP contribution in [0.25, 0.3) is 0 Å². The van der Waals surface area contributed by atoms with Gasteiger partial charge in [-0.3, -0.25) is 9.59 Å². The Labute approximate surface area is 154 Å². The Balaban J connectivity index is 0.000000257. The van der Waals surface area contributed by atoms with Crippen LogP contribution in [0.1, 0.15) is 74.7 Å². The van der Waals surface area contributed by atoms with Crippen molar-refractivity contribution in [3.63, 3.8) is 0 Å². The number of nitrogens with zero attached hydrogens (tertiary/aromatic N) is 1. The van der Waals surface area contributed by atoms with E-state index in [0.29, 0.717) is 17.7 Å². The summed E-state index contributed by atoms with van der Waals surface area (Å²) in [6.07, 6.45) is 3.09. The fourth-order valence-electron chi connectivity index (χ4n) is 3.57. The van der Waals surface area contributed by atoms with Crippen LogP contribution in [-0.4, -0.2) is 42.4 Å². The lowest BCUT2D eigenvalue weighted by Crippen LogP contribution is -2.47. The Morgan fingerprint density at radius 1 is 0.920 bits per heavy atom. The van der Waals surface area contributed by atoms with Gasteiger partial charge in [0.05, 0.1) is 0 Å². The second-order valence-electron chi connectivity index (χ2n) is 10.0. The minimum atomic E-state index is -0.241. The molecule has 0 spiro atoms. The molecule has 2 fully saturated rings. The third-order valence-corrected chi connectivity index (χ3v) is 4.76. The first-order chi connectivity index (χ1) is 11.3. The van der Waals surface area contributed by atoms with Gasteiger partial charge >= 0.3 is 0 Å². The molecule has 1 amide bonds. The minimum absolute atomic E-state index is 0.116. The number of Topliss-reactive ketones (excluding diaryl/α,β-unsaturated/α-hetero) is 1.